The van der Waals surface area contributed by atoms with Gasteiger partial charge in [-0.25, -0.2) is 0 Å². The maximum Gasteiger partial charge on any atom is 0.0357 e. The molecule has 2 aliphatic carbocycles. The molecule has 0 aromatic carbocycles. The van der Waals surface area contributed by atoms with Gasteiger partial charge in [-0.05, 0) is 51.0 Å². The summed E-state index contributed by atoms with van der Waals surface area (Å²) in [5.74, 6) is 1.66. The van der Waals surface area contributed by atoms with Crippen LogP contribution in [0.1, 0.15) is 46.0 Å². The van der Waals surface area contributed by atoms with Crippen molar-refractivity contribution in [3.8, 4) is 0 Å². The van der Waals surface area contributed by atoms with Gasteiger partial charge in [-0.3, -0.25) is 4.90 Å². The van der Waals surface area contributed by atoms with Crippen molar-refractivity contribution in [1.29, 1.82) is 0 Å². The molecule has 3 atom stereocenters. The van der Waals surface area contributed by atoms with Gasteiger partial charge in [-0.15, -0.1) is 0 Å². The molecule has 2 aliphatic rings. The summed E-state index contributed by atoms with van der Waals surface area (Å²) in [5.41, 5.74) is 6.41. The first-order valence-corrected chi connectivity index (χ1v) is 6.53. The van der Waals surface area contributed by atoms with Gasteiger partial charge in [0.25, 0.3) is 0 Å². The van der Waals surface area contributed by atoms with Gasteiger partial charge >= 0.3 is 0 Å². The number of rotatable bonds is 3. The number of likely N-dealkylation sites (N-methyl/N-ethyl adjacent to an activating group) is 1. The molecule has 2 nitrogen and oxygen atoms in total. The third-order valence-corrected chi connectivity index (χ3v) is 4.89. The topological polar surface area (TPSA) is 29.3 Å². The first-order valence-electron chi connectivity index (χ1n) is 6.53. The molecule has 0 radical (unpaired) electrons. The summed E-state index contributed by atoms with van der Waals surface area (Å²) < 4.78 is 0. The maximum atomic E-state index is 6.10. The highest BCUT2D eigenvalue weighted by Crippen LogP contribution is 2.43. The van der Waals surface area contributed by atoms with E-state index in [2.05, 4.69) is 25.8 Å². The Bertz CT molecular complexity index is 225. The Labute approximate surface area is 94.2 Å². The van der Waals surface area contributed by atoms with Gasteiger partial charge in [-0.1, -0.05) is 13.8 Å². The monoisotopic (exact) mass is 210 g/mol. The Hall–Kier alpha value is -0.0800. The van der Waals surface area contributed by atoms with Gasteiger partial charge in [0.1, 0.15) is 0 Å². The fourth-order valence-corrected chi connectivity index (χ4v) is 3.48. The van der Waals surface area contributed by atoms with Crippen LogP contribution >= 0.6 is 0 Å². The summed E-state index contributed by atoms with van der Waals surface area (Å²) in [4.78, 5) is 2.61. The second-order valence-electron chi connectivity index (χ2n) is 5.93. The van der Waals surface area contributed by atoms with Crippen LogP contribution in [0.3, 0.4) is 0 Å². The summed E-state index contributed by atoms with van der Waals surface area (Å²) in [6.45, 7) is 5.63. The molecular weight excluding hydrogens is 184 g/mol. The van der Waals surface area contributed by atoms with Crippen LogP contribution in [0.4, 0.5) is 0 Å². The number of hydrogen-bond acceptors (Lipinski definition) is 2. The van der Waals surface area contributed by atoms with Crippen LogP contribution in [0.15, 0.2) is 0 Å². The van der Waals surface area contributed by atoms with Crippen molar-refractivity contribution in [2.24, 2.45) is 17.6 Å². The lowest BCUT2D eigenvalue weighted by atomic mass is 9.69. The number of nitrogens with zero attached hydrogens (tertiary/aromatic N) is 1. The lowest BCUT2D eigenvalue weighted by Crippen LogP contribution is -2.59. The van der Waals surface area contributed by atoms with Gasteiger partial charge in [-0.2, -0.15) is 0 Å². The standard InChI is InChI=1S/C13H26N2/c1-10-6-7-13(9-14,11(2)8-10)15(3)12-4-5-12/h10-12H,4-9,14H2,1-3H3. The van der Waals surface area contributed by atoms with E-state index < -0.39 is 0 Å². The Balaban J connectivity index is 2.11. The molecule has 88 valence electrons. The molecule has 2 fully saturated rings. The zero-order chi connectivity index (χ0) is 11.1. The van der Waals surface area contributed by atoms with Gasteiger partial charge in [0.2, 0.25) is 0 Å². The first kappa shape index (κ1) is 11.4. The lowest BCUT2D eigenvalue weighted by Gasteiger charge is -2.50. The lowest BCUT2D eigenvalue weighted by molar-refractivity contribution is 0.0126. The normalized spacial score (nSPS) is 42.2. The highest BCUT2D eigenvalue weighted by molar-refractivity contribution is 5.02. The second kappa shape index (κ2) is 4.06. The predicted octanol–water partition coefficient (Wildman–Crippen LogP) is 2.23. The Kier molecular flexibility index (Phi) is 3.09. The molecule has 0 heterocycles. The molecule has 2 heteroatoms. The minimum atomic E-state index is 0.313. The summed E-state index contributed by atoms with van der Waals surface area (Å²) in [7, 11) is 2.30. The quantitative estimate of drug-likeness (QED) is 0.774. The average molecular weight is 210 g/mol. The van der Waals surface area contributed by atoms with E-state index in [1.54, 1.807) is 0 Å². The summed E-state index contributed by atoms with van der Waals surface area (Å²) >= 11 is 0. The molecule has 0 spiro atoms. The van der Waals surface area contributed by atoms with Crippen molar-refractivity contribution in [3.63, 3.8) is 0 Å². The van der Waals surface area contributed by atoms with E-state index in [1.807, 2.05) is 0 Å². The van der Waals surface area contributed by atoms with Crippen LogP contribution in [0.5, 0.6) is 0 Å². The molecule has 0 aromatic rings. The summed E-state index contributed by atoms with van der Waals surface area (Å²) in [6.07, 6.45) is 6.80. The highest BCUT2D eigenvalue weighted by Gasteiger charge is 2.46. The summed E-state index contributed by atoms with van der Waals surface area (Å²) in [6, 6.07) is 0.837. The van der Waals surface area contributed by atoms with Crippen LogP contribution in [-0.2, 0) is 0 Å². The van der Waals surface area contributed by atoms with E-state index >= 15 is 0 Å². The van der Waals surface area contributed by atoms with Crippen molar-refractivity contribution in [2.75, 3.05) is 13.6 Å². The van der Waals surface area contributed by atoms with Crippen molar-refractivity contribution >= 4 is 0 Å². The molecule has 3 unspecified atom stereocenters. The third-order valence-electron chi connectivity index (χ3n) is 4.89. The van der Waals surface area contributed by atoms with Crippen LogP contribution < -0.4 is 5.73 Å². The Morgan fingerprint density at radius 1 is 1.27 bits per heavy atom. The number of hydrogen-bond donors (Lipinski definition) is 1. The van der Waals surface area contributed by atoms with Gasteiger partial charge in [0.15, 0.2) is 0 Å². The van der Waals surface area contributed by atoms with Crippen molar-refractivity contribution in [2.45, 2.75) is 57.5 Å². The molecule has 0 saturated heterocycles. The Morgan fingerprint density at radius 3 is 2.40 bits per heavy atom. The van der Waals surface area contributed by atoms with E-state index in [0.717, 1.165) is 24.4 Å². The predicted molar refractivity (Wildman–Crippen MR) is 64.7 cm³/mol. The first-order chi connectivity index (χ1) is 7.10. The van der Waals surface area contributed by atoms with Gasteiger partial charge < -0.3 is 5.73 Å². The smallest absolute Gasteiger partial charge is 0.0357 e. The average Bonchev–Trinajstić information content (AvgIpc) is 3.01. The summed E-state index contributed by atoms with van der Waals surface area (Å²) in [5, 5.41) is 0. The minimum Gasteiger partial charge on any atom is -0.329 e. The largest absolute Gasteiger partial charge is 0.329 e. The zero-order valence-electron chi connectivity index (χ0n) is 10.5. The van der Waals surface area contributed by atoms with Crippen molar-refractivity contribution in [1.82, 2.24) is 4.90 Å². The van der Waals surface area contributed by atoms with E-state index in [1.165, 1.54) is 32.1 Å². The molecular formula is C13H26N2. The van der Waals surface area contributed by atoms with E-state index in [-0.39, 0.29) is 0 Å². The zero-order valence-corrected chi connectivity index (χ0v) is 10.5. The minimum absolute atomic E-state index is 0.313. The maximum absolute atomic E-state index is 6.10. The van der Waals surface area contributed by atoms with Crippen LogP contribution in [0.2, 0.25) is 0 Å². The Morgan fingerprint density at radius 2 is 1.93 bits per heavy atom. The van der Waals surface area contributed by atoms with E-state index in [0.29, 0.717) is 5.54 Å². The molecule has 2 rings (SSSR count). The van der Waals surface area contributed by atoms with E-state index in [9.17, 15) is 0 Å². The fourth-order valence-electron chi connectivity index (χ4n) is 3.48. The van der Waals surface area contributed by atoms with Crippen LogP contribution in [0.25, 0.3) is 0 Å². The molecule has 0 aliphatic heterocycles. The molecule has 15 heavy (non-hydrogen) atoms. The van der Waals surface area contributed by atoms with Gasteiger partial charge in [0, 0.05) is 18.1 Å². The van der Waals surface area contributed by atoms with E-state index in [4.69, 9.17) is 5.73 Å². The second-order valence-corrected chi connectivity index (χ2v) is 5.93. The molecule has 2 saturated carbocycles. The number of nitrogens with two attached hydrogens (primary N) is 1. The third kappa shape index (κ3) is 1.94. The van der Waals surface area contributed by atoms with Crippen molar-refractivity contribution in [3.05, 3.63) is 0 Å². The molecule has 2 N–H and O–H groups in total. The van der Waals surface area contributed by atoms with Gasteiger partial charge in [0.05, 0.1) is 0 Å². The van der Waals surface area contributed by atoms with Crippen LogP contribution in [0, 0.1) is 11.8 Å². The van der Waals surface area contributed by atoms with Crippen LogP contribution in [-0.4, -0.2) is 30.1 Å². The SMILES string of the molecule is CC1CCC(CN)(N(C)C2CC2)C(C)C1. The highest BCUT2D eigenvalue weighted by atomic mass is 15.2. The molecule has 0 amide bonds. The molecule has 0 bridgehead atoms. The molecule has 0 aromatic heterocycles. The van der Waals surface area contributed by atoms with Crippen molar-refractivity contribution < 1.29 is 0 Å². The fraction of sp³-hybridized carbons (Fsp3) is 1.00.